The van der Waals surface area contributed by atoms with Gasteiger partial charge < -0.3 is 5.32 Å². The number of nitrogens with one attached hydrogen (secondary N) is 2. The van der Waals surface area contributed by atoms with Crippen LogP contribution < -0.4 is 15.5 Å². The van der Waals surface area contributed by atoms with E-state index in [4.69, 9.17) is 16.7 Å². The smallest absolute Gasteiger partial charge is 0.329 e. The van der Waals surface area contributed by atoms with Gasteiger partial charge in [-0.25, -0.2) is 14.8 Å². The number of urea groups is 1. The van der Waals surface area contributed by atoms with E-state index in [2.05, 4.69) is 55.0 Å². The lowest BCUT2D eigenvalue weighted by Crippen LogP contribution is -2.51. The molecule has 2 N–H and O–H groups in total. The van der Waals surface area contributed by atoms with E-state index in [9.17, 15) is 18.0 Å². The molecule has 0 unspecified atom stereocenters. The number of imide groups is 1. The second-order valence-corrected chi connectivity index (χ2v) is 16.9. The molecule has 3 aromatic heterocycles. The molecular formula is C35H45ClN12O4S. The Balaban J connectivity index is 0.800. The monoisotopic (exact) mass is 764 g/mol. The average Bonchev–Trinajstić information content (AvgIpc) is 3.77. The average molecular weight is 765 g/mol. The number of carbonyl (C=O) groups excluding carboxylic acids is 2. The van der Waals surface area contributed by atoms with Crippen molar-refractivity contribution in [1.29, 1.82) is 0 Å². The summed E-state index contributed by atoms with van der Waals surface area (Å²) in [4.78, 5) is 36.5. The molecule has 0 bridgehead atoms. The SMILES string of the molecule is Cn1nc(N2CCC(=O)NC2=O)c2ccc(C3CCN(Cc4cnn(C5CCN(S(=O)(=O)N6CCC(Nc7ncc(Cl)cn7)CC6)CC5)c4)CC3)cc21. The number of halogens is 1. The number of benzene rings is 1. The number of anilines is 2. The maximum absolute atomic E-state index is 13.5. The number of likely N-dealkylation sites (tertiary alicyclic amines) is 1. The summed E-state index contributed by atoms with van der Waals surface area (Å²) in [6.07, 6.45) is 12.3. The van der Waals surface area contributed by atoms with Crippen LogP contribution in [0.25, 0.3) is 10.9 Å². The number of piperidine rings is 3. The summed E-state index contributed by atoms with van der Waals surface area (Å²) in [7, 11) is -1.64. The fraction of sp³-hybridized carbons (Fsp3) is 0.543. The molecule has 18 heteroatoms. The molecule has 0 spiro atoms. The number of rotatable bonds is 9. The molecule has 4 aliphatic heterocycles. The van der Waals surface area contributed by atoms with E-state index in [0.29, 0.717) is 68.3 Å². The van der Waals surface area contributed by atoms with Crippen LogP contribution in [-0.4, -0.2) is 115 Å². The molecule has 7 heterocycles. The van der Waals surface area contributed by atoms with Crippen LogP contribution in [0.5, 0.6) is 0 Å². The number of amides is 3. The minimum absolute atomic E-state index is 0.110. The molecule has 4 aliphatic rings. The van der Waals surface area contributed by atoms with Crippen molar-refractivity contribution in [2.24, 2.45) is 7.05 Å². The number of hydrogen-bond donors (Lipinski definition) is 2. The van der Waals surface area contributed by atoms with E-state index in [1.54, 1.807) is 25.9 Å². The standard InChI is InChI=1S/C35H45ClN12O4S/c1-43-31-18-26(2-3-30(31)33(42-43)47-17-10-32(49)41-35(47)50)25-4-11-44(12-5-25)22-24-19-39-48(23-24)29-8-15-46(16-9-29)53(51,52)45-13-6-28(7-14-45)40-34-37-20-27(36)21-38-34/h2-3,18-21,23,25,28-29H,4-17,22H2,1H3,(H,37,38,40)(H,41,49,50). The zero-order valence-electron chi connectivity index (χ0n) is 29.8. The molecule has 3 amide bonds. The van der Waals surface area contributed by atoms with Gasteiger partial charge in [0.25, 0.3) is 10.2 Å². The summed E-state index contributed by atoms with van der Waals surface area (Å²) in [5.41, 5.74) is 3.42. The van der Waals surface area contributed by atoms with Crippen molar-refractivity contribution < 1.29 is 18.0 Å². The third kappa shape index (κ3) is 7.62. The number of hydrogen-bond acceptors (Lipinski definition) is 10. The summed E-state index contributed by atoms with van der Waals surface area (Å²) in [5, 5.41) is 16.4. The predicted octanol–water partition coefficient (Wildman–Crippen LogP) is 3.50. The highest BCUT2D eigenvalue weighted by Crippen LogP contribution is 2.34. The normalized spacial score (nSPS) is 21.1. The van der Waals surface area contributed by atoms with Crippen LogP contribution in [0.2, 0.25) is 5.02 Å². The Morgan fingerprint density at radius 2 is 1.60 bits per heavy atom. The Labute approximate surface area is 313 Å². The van der Waals surface area contributed by atoms with E-state index in [1.165, 1.54) is 11.1 Å². The molecule has 0 saturated carbocycles. The summed E-state index contributed by atoms with van der Waals surface area (Å²) < 4.78 is 34.1. The van der Waals surface area contributed by atoms with Crippen LogP contribution in [0.1, 0.15) is 68.0 Å². The molecule has 8 rings (SSSR count). The number of carbonyl (C=O) groups is 2. The first-order valence-corrected chi connectivity index (χ1v) is 20.2. The number of nitrogens with zero attached hydrogens (tertiary/aromatic N) is 10. The van der Waals surface area contributed by atoms with Gasteiger partial charge in [-0.2, -0.15) is 27.2 Å². The van der Waals surface area contributed by atoms with Crippen molar-refractivity contribution in [3.8, 4) is 0 Å². The van der Waals surface area contributed by atoms with Gasteiger partial charge >= 0.3 is 6.03 Å². The van der Waals surface area contributed by atoms with Crippen molar-refractivity contribution in [2.45, 2.75) is 69.5 Å². The first-order chi connectivity index (χ1) is 25.6. The van der Waals surface area contributed by atoms with Crippen LogP contribution in [0.4, 0.5) is 16.6 Å². The summed E-state index contributed by atoms with van der Waals surface area (Å²) in [5.74, 6) is 1.26. The van der Waals surface area contributed by atoms with Crippen molar-refractivity contribution >= 4 is 56.4 Å². The number of aromatic nitrogens is 6. The van der Waals surface area contributed by atoms with Crippen molar-refractivity contribution in [2.75, 3.05) is 56.0 Å². The molecule has 0 aliphatic carbocycles. The first-order valence-electron chi connectivity index (χ1n) is 18.4. The van der Waals surface area contributed by atoms with Crippen LogP contribution in [0.15, 0.2) is 43.0 Å². The lowest BCUT2D eigenvalue weighted by molar-refractivity contribution is -0.120. The predicted molar refractivity (Wildman–Crippen MR) is 200 cm³/mol. The van der Waals surface area contributed by atoms with Gasteiger partial charge in [0, 0.05) is 75.9 Å². The zero-order valence-corrected chi connectivity index (χ0v) is 31.3. The second kappa shape index (κ2) is 14.9. The molecule has 53 heavy (non-hydrogen) atoms. The van der Waals surface area contributed by atoms with Gasteiger partial charge in [0.05, 0.1) is 35.2 Å². The topological polar surface area (TPSA) is 167 Å². The van der Waals surface area contributed by atoms with E-state index in [1.807, 2.05) is 22.6 Å². The molecule has 4 fully saturated rings. The molecule has 16 nitrogen and oxygen atoms in total. The minimum Gasteiger partial charge on any atom is -0.351 e. The Hall–Kier alpha value is -4.16. The molecule has 4 aromatic rings. The third-order valence-corrected chi connectivity index (χ3v) is 13.4. The highest BCUT2D eigenvalue weighted by molar-refractivity contribution is 7.86. The molecule has 1 aromatic carbocycles. The van der Waals surface area contributed by atoms with Crippen LogP contribution in [0.3, 0.4) is 0 Å². The highest BCUT2D eigenvalue weighted by Gasteiger charge is 2.36. The number of aryl methyl sites for hydroxylation is 1. The van der Waals surface area contributed by atoms with E-state index < -0.39 is 16.2 Å². The van der Waals surface area contributed by atoms with E-state index in [-0.39, 0.29) is 24.4 Å². The third-order valence-electron chi connectivity index (χ3n) is 11.1. The van der Waals surface area contributed by atoms with E-state index in [0.717, 1.165) is 56.2 Å². The lowest BCUT2D eigenvalue weighted by atomic mass is 9.89. The van der Waals surface area contributed by atoms with Crippen LogP contribution in [-0.2, 0) is 28.6 Å². The van der Waals surface area contributed by atoms with Gasteiger partial charge in [-0.1, -0.05) is 17.7 Å². The molecular weight excluding hydrogens is 720 g/mol. The maximum atomic E-state index is 13.5. The highest BCUT2D eigenvalue weighted by atomic mass is 35.5. The Bertz CT molecular complexity index is 2070. The second-order valence-electron chi connectivity index (χ2n) is 14.5. The molecule has 0 radical (unpaired) electrons. The van der Waals surface area contributed by atoms with Crippen LogP contribution in [0, 0.1) is 0 Å². The first kappa shape index (κ1) is 35.8. The van der Waals surface area contributed by atoms with Crippen LogP contribution >= 0.6 is 11.6 Å². The Morgan fingerprint density at radius 3 is 2.30 bits per heavy atom. The maximum Gasteiger partial charge on any atom is 0.329 e. The fourth-order valence-electron chi connectivity index (χ4n) is 8.12. The number of fused-ring (bicyclic) bond motifs is 1. The summed E-state index contributed by atoms with van der Waals surface area (Å²) in [6.45, 7) is 4.98. The minimum atomic E-state index is -3.53. The van der Waals surface area contributed by atoms with Gasteiger partial charge in [0.15, 0.2) is 5.82 Å². The fourth-order valence-corrected chi connectivity index (χ4v) is 9.89. The molecule has 4 saturated heterocycles. The summed E-state index contributed by atoms with van der Waals surface area (Å²) in [6, 6.07) is 6.25. The summed E-state index contributed by atoms with van der Waals surface area (Å²) >= 11 is 5.88. The molecule has 282 valence electrons. The van der Waals surface area contributed by atoms with E-state index >= 15 is 0 Å². The Morgan fingerprint density at radius 1 is 0.906 bits per heavy atom. The van der Waals surface area contributed by atoms with Crippen molar-refractivity contribution in [1.82, 2.24) is 48.4 Å². The van der Waals surface area contributed by atoms with Crippen molar-refractivity contribution in [3.05, 3.63) is 59.1 Å². The lowest BCUT2D eigenvalue weighted by Gasteiger charge is -2.37. The van der Waals surface area contributed by atoms with Gasteiger partial charge in [-0.05, 0) is 75.2 Å². The largest absolute Gasteiger partial charge is 0.351 e. The van der Waals surface area contributed by atoms with Gasteiger partial charge in [-0.3, -0.25) is 29.3 Å². The quantitative estimate of drug-likeness (QED) is 0.258. The molecule has 0 atom stereocenters. The van der Waals surface area contributed by atoms with Gasteiger partial charge in [0.1, 0.15) is 0 Å². The van der Waals surface area contributed by atoms with Gasteiger partial charge in [-0.15, -0.1) is 0 Å². The van der Waals surface area contributed by atoms with Crippen molar-refractivity contribution in [3.63, 3.8) is 0 Å². The zero-order chi connectivity index (χ0) is 36.7. The Kier molecular flexibility index (Phi) is 10.1. The van der Waals surface area contributed by atoms with Gasteiger partial charge in [0.2, 0.25) is 11.9 Å².